The van der Waals surface area contributed by atoms with Gasteiger partial charge in [0.05, 0.1) is 12.1 Å². The first-order valence-electron chi connectivity index (χ1n) is 13.0. The van der Waals surface area contributed by atoms with Crippen LogP contribution in [-0.4, -0.2) is 66.1 Å². The van der Waals surface area contributed by atoms with Gasteiger partial charge in [-0.05, 0) is 56.1 Å². The van der Waals surface area contributed by atoms with Gasteiger partial charge in [-0.3, -0.25) is 9.59 Å². The van der Waals surface area contributed by atoms with Gasteiger partial charge in [-0.2, -0.15) is 0 Å². The first-order valence-corrected chi connectivity index (χ1v) is 13.0. The summed E-state index contributed by atoms with van der Waals surface area (Å²) < 4.78 is 6.09. The van der Waals surface area contributed by atoms with Gasteiger partial charge in [-0.15, -0.1) is 0 Å². The zero-order chi connectivity index (χ0) is 23.1. The van der Waals surface area contributed by atoms with E-state index in [1.54, 1.807) is 0 Å². The number of aliphatic hydroxyl groups excluding tert-OH is 1. The predicted molar refractivity (Wildman–Crippen MR) is 128 cm³/mol. The van der Waals surface area contributed by atoms with Crippen LogP contribution in [0.2, 0.25) is 0 Å². The molecule has 0 aromatic heterocycles. The lowest BCUT2D eigenvalue weighted by Gasteiger charge is -2.41. The molecule has 1 saturated carbocycles. The number of piperidine rings is 1. The molecule has 3 aliphatic heterocycles. The second-order valence-corrected chi connectivity index (χ2v) is 10.3. The zero-order valence-electron chi connectivity index (χ0n) is 20.0. The molecule has 0 atom stereocenters. The number of carbonyl (C=O) groups is 2. The SMILES string of the molecule is O=C1c2ccccc2OCCN(C(=O)C2CCCCCC2)CCCCC2(CO)CCN1CC2. The van der Waals surface area contributed by atoms with Crippen LogP contribution in [0.25, 0.3) is 0 Å². The lowest BCUT2D eigenvalue weighted by atomic mass is 9.75. The average molecular weight is 457 g/mol. The van der Waals surface area contributed by atoms with Crippen LogP contribution in [-0.2, 0) is 4.79 Å². The van der Waals surface area contributed by atoms with Crippen LogP contribution in [0, 0.1) is 11.3 Å². The Kier molecular flexibility index (Phi) is 8.29. The summed E-state index contributed by atoms with van der Waals surface area (Å²) in [6.45, 7) is 3.18. The minimum Gasteiger partial charge on any atom is -0.491 e. The standard InChI is InChI=1S/C27H40N2O4/c30-21-27-13-7-8-16-28(25(31)22-9-3-1-2-4-10-22)19-20-33-24-12-6-5-11-23(24)26(32)29(17-14-27)18-15-27/h5-6,11-12,22,30H,1-4,7-10,13-21H2. The third-order valence-corrected chi connectivity index (χ3v) is 8.08. The molecule has 4 aliphatic rings. The minimum absolute atomic E-state index is 0.00148. The topological polar surface area (TPSA) is 70.1 Å². The van der Waals surface area contributed by atoms with Crippen molar-refractivity contribution in [2.75, 3.05) is 39.4 Å². The van der Waals surface area contributed by atoms with Crippen LogP contribution in [0.1, 0.15) is 81.0 Å². The van der Waals surface area contributed by atoms with Gasteiger partial charge in [0.2, 0.25) is 5.91 Å². The Morgan fingerprint density at radius 3 is 2.39 bits per heavy atom. The molecule has 1 N–H and O–H groups in total. The number of ether oxygens (including phenoxy) is 1. The molecule has 182 valence electrons. The highest BCUT2D eigenvalue weighted by molar-refractivity contribution is 5.97. The molecule has 2 amide bonds. The van der Waals surface area contributed by atoms with Crippen molar-refractivity contribution in [3.05, 3.63) is 29.8 Å². The summed E-state index contributed by atoms with van der Waals surface area (Å²) in [6.07, 6.45) is 11.3. The highest BCUT2D eigenvalue weighted by Gasteiger charge is 2.36. The van der Waals surface area contributed by atoms with Crippen molar-refractivity contribution in [3.8, 4) is 5.75 Å². The Balaban J connectivity index is 1.52. The Morgan fingerprint density at radius 2 is 1.67 bits per heavy atom. The lowest BCUT2D eigenvalue weighted by molar-refractivity contribution is -0.136. The van der Waals surface area contributed by atoms with Crippen molar-refractivity contribution in [3.63, 3.8) is 0 Å². The maximum Gasteiger partial charge on any atom is 0.257 e. The van der Waals surface area contributed by atoms with Crippen molar-refractivity contribution < 1.29 is 19.4 Å². The number of para-hydroxylation sites is 1. The summed E-state index contributed by atoms with van der Waals surface area (Å²) in [4.78, 5) is 30.6. The highest BCUT2D eigenvalue weighted by Crippen LogP contribution is 2.37. The molecule has 1 aromatic rings. The van der Waals surface area contributed by atoms with Crippen LogP contribution in [0.15, 0.2) is 24.3 Å². The van der Waals surface area contributed by atoms with E-state index in [9.17, 15) is 14.7 Å². The number of aliphatic hydroxyl groups is 1. The third kappa shape index (κ3) is 5.89. The minimum atomic E-state index is -0.108. The van der Waals surface area contributed by atoms with E-state index in [4.69, 9.17) is 4.74 Å². The van der Waals surface area contributed by atoms with Crippen molar-refractivity contribution in [2.45, 2.75) is 70.6 Å². The van der Waals surface area contributed by atoms with Gasteiger partial charge in [-0.25, -0.2) is 0 Å². The molecule has 0 unspecified atom stereocenters. The quantitative estimate of drug-likeness (QED) is 0.675. The van der Waals surface area contributed by atoms with Crippen molar-refractivity contribution in [1.29, 1.82) is 0 Å². The summed E-state index contributed by atoms with van der Waals surface area (Å²) in [5.74, 6) is 1.00. The van der Waals surface area contributed by atoms with Gasteiger partial charge in [0, 0.05) is 32.2 Å². The molecule has 5 rings (SSSR count). The maximum atomic E-state index is 13.4. The summed E-state index contributed by atoms with van der Waals surface area (Å²) in [6, 6.07) is 7.45. The predicted octanol–water partition coefficient (Wildman–Crippen LogP) is 4.26. The summed E-state index contributed by atoms with van der Waals surface area (Å²) in [5, 5.41) is 10.2. The Bertz CT molecular complexity index is 795. The molecule has 6 nitrogen and oxygen atoms in total. The summed E-state index contributed by atoms with van der Waals surface area (Å²) in [5.41, 5.74) is 0.480. The smallest absolute Gasteiger partial charge is 0.257 e. The Labute approximate surface area is 198 Å². The third-order valence-electron chi connectivity index (χ3n) is 8.08. The molecule has 33 heavy (non-hydrogen) atoms. The molecule has 2 bridgehead atoms. The van der Waals surface area contributed by atoms with E-state index >= 15 is 0 Å². The van der Waals surface area contributed by atoms with Gasteiger partial charge in [-0.1, -0.05) is 44.2 Å². The molecular weight excluding hydrogens is 416 g/mol. The molecule has 2 fully saturated rings. The fraction of sp³-hybridized carbons (Fsp3) is 0.704. The molecule has 1 saturated heterocycles. The normalized spacial score (nSPS) is 23.1. The molecular formula is C27H40N2O4. The van der Waals surface area contributed by atoms with Gasteiger partial charge < -0.3 is 19.6 Å². The molecule has 6 heteroatoms. The van der Waals surface area contributed by atoms with E-state index < -0.39 is 0 Å². The Morgan fingerprint density at radius 1 is 0.939 bits per heavy atom. The zero-order valence-corrected chi connectivity index (χ0v) is 20.0. The van der Waals surface area contributed by atoms with E-state index in [0.29, 0.717) is 37.6 Å². The van der Waals surface area contributed by atoms with E-state index in [0.717, 1.165) is 64.3 Å². The Hall–Kier alpha value is -2.08. The van der Waals surface area contributed by atoms with E-state index in [1.165, 1.54) is 12.8 Å². The second kappa shape index (κ2) is 11.4. The van der Waals surface area contributed by atoms with E-state index in [-0.39, 0.29) is 29.8 Å². The lowest BCUT2D eigenvalue weighted by Crippen LogP contribution is -2.44. The van der Waals surface area contributed by atoms with Crippen molar-refractivity contribution >= 4 is 11.8 Å². The van der Waals surface area contributed by atoms with Crippen LogP contribution in [0.4, 0.5) is 0 Å². The number of nitrogens with zero attached hydrogens (tertiary/aromatic N) is 2. The maximum absolute atomic E-state index is 13.4. The van der Waals surface area contributed by atoms with Crippen LogP contribution < -0.4 is 4.74 Å². The molecule has 1 aromatic carbocycles. The highest BCUT2D eigenvalue weighted by atomic mass is 16.5. The number of hydrogen-bond donors (Lipinski definition) is 1. The van der Waals surface area contributed by atoms with Gasteiger partial charge in [0.25, 0.3) is 5.91 Å². The fourth-order valence-corrected chi connectivity index (χ4v) is 5.80. The number of carbonyl (C=O) groups excluding carboxylic acids is 2. The second-order valence-electron chi connectivity index (χ2n) is 10.3. The average Bonchev–Trinajstić information content (AvgIpc) is 3.15. The number of rotatable bonds is 2. The molecule has 1 aliphatic carbocycles. The molecule has 0 radical (unpaired) electrons. The van der Waals surface area contributed by atoms with Crippen LogP contribution in [0.5, 0.6) is 5.75 Å². The molecule has 0 spiro atoms. The van der Waals surface area contributed by atoms with Crippen molar-refractivity contribution in [1.82, 2.24) is 9.80 Å². The first-order chi connectivity index (χ1) is 16.1. The fourth-order valence-electron chi connectivity index (χ4n) is 5.80. The van der Waals surface area contributed by atoms with Crippen LogP contribution >= 0.6 is 0 Å². The van der Waals surface area contributed by atoms with Gasteiger partial charge in [0.1, 0.15) is 12.4 Å². The monoisotopic (exact) mass is 456 g/mol. The largest absolute Gasteiger partial charge is 0.491 e. The number of benzene rings is 1. The number of hydrogen-bond acceptors (Lipinski definition) is 4. The van der Waals surface area contributed by atoms with Crippen LogP contribution in [0.3, 0.4) is 0 Å². The summed E-state index contributed by atoms with van der Waals surface area (Å²) >= 11 is 0. The summed E-state index contributed by atoms with van der Waals surface area (Å²) in [7, 11) is 0. The number of amides is 2. The van der Waals surface area contributed by atoms with E-state index in [1.807, 2.05) is 34.1 Å². The first kappa shape index (κ1) is 24.1. The van der Waals surface area contributed by atoms with Gasteiger partial charge in [0.15, 0.2) is 0 Å². The number of fused-ring (bicyclic) bond motifs is 9. The van der Waals surface area contributed by atoms with Crippen molar-refractivity contribution in [2.24, 2.45) is 11.3 Å². The van der Waals surface area contributed by atoms with E-state index in [2.05, 4.69) is 0 Å². The molecule has 3 heterocycles. The van der Waals surface area contributed by atoms with Gasteiger partial charge >= 0.3 is 0 Å².